The summed E-state index contributed by atoms with van der Waals surface area (Å²) in [4.78, 5) is 37.2. The van der Waals surface area contributed by atoms with Crippen molar-refractivity contribution in [3.8, 4) is 0 Å². The normalized spacial score (nSPS) is 13.8. The number of benzene rings is 2. The maximum absolute atomic E-state index is 12.6. The molecule has 2 rings (SSSR count). The number of carbonyl (C=O) groups excluding carboxylic acids is 3. The van der Waals surface area contributed by atoms with E-state index in [1.54, 1.807) is 24.3 Å². The van der Waals surface area contributed by atoms with Gasteiger partial charge in [-0.15, -0.1) is 0 Å². The van der Waals surface area contributed by atoms with Crippen LogP contribution in [0.25, 0.3) is 0 Å². The first-order valence-corrected chi connectivity index (χ1v) is 10.8. The zero-order chi connectivity index (χ0) is 23.5. The first-order chi connectivity index (χ1) is 15.3. The molecule has 2 aromatic rings. The highest BCUT2D eigenvalue weighted by atomic mass is 16.5. The van der Waals surface area contributed by atoms with Crippen molar-refractivity contribution >= 4 is 17.7 Å². The number of rotatable bonds is 12. The van der Waals surface area contributed by atoms with Crippen LogP contribution in [0.15, 0.2) is 60.7 Å². The number of aliphatic hydroxyl groups is 1. The monoisotopic (exact) mass is 440 g/mol. The second kappa shape index (κ2) is 12.7. The minimum absolute atomic E-state index is 0.0443. The maximum atomic E-state index is 12.6. The number of nitrogens with one attached hydrogen (secondary N) is 1. The lowest BCUT2D eigenvalue weighted by atomic mass is 10.00. The fourth-order valence-electron chi connectivity index (χ4n) is 3.25. The molecule has 32 heavy (non-hydrogen) atoms. The third kappa shape index (κ3) is 8.24. The fourth-order valence-corrected chi connectivity index (χ4v) is 3.25. The molecule has 2 aromatic carbocycles. The summed E-state index contributed by atoms with van der Waals surface area (Å²) in [6.45, 7) is 3.72. The number of Topliss-reactive ketones (excluding diaryl/α,β-unsaturated/α-hetero) is 1. The molecule has 0 saturated carbocycles. The number of amides is 1. The second-order valence-corrected chi connectivity index (χ2v) is 8.20. The van der Waals surface area contributed by atoms with Crippen molar-refractivity contribution in [2.24, 2.45) is 11.7 Å². The minimum Gasteiger partial charge on any atom is -0.464 e. The Hall–Kier alpha value is -3.03. The Balaban J connectivity index is 1.89. The SMILES string of the molecule is CC(C)C[C@H](NC(=O)[C@@H](O)[C@H](N)Cc1ccccc1)C(=O)OCCC(=O)c1ccccc1. The molecule has 0 heterocycles. The Labute approximate surface area is 189 Å². The van der Waals surface area contributed by atoms with Crippen LogP contribution < -0.4 is 11.1 Å². The molecule has 0 spiro atoms. The van der Waals surface area contributed by atoms with Crippen LogP contribution in [0.1, 0.15) is 42.6 Å². The van der Waals surface area contributed by atoms with Crippen LogP contribution in [-0.2, 0) is 20.7 Å². The number of ether oxygens (including phenoxy) is 1. The molecule has 0 aliphatic rings. The Morgan fingerprint density at radius 3 is 2.19 bits per heavy atom. The van der Waals surface area contributed by atoms with Crippen molar-refractivity contribution in [1.82, 2.24) is 5.32 Å². The summed E-state index contributed by atoms with van der Waals surface area (Å²) >= 11 is 0. The molecule has 4 N–H and O–H groups in total. The van der Waals surface area contributed by atoms with Crippen molar-refractivity contribution in [3.05, 3.63) is 71.8 Å². The average molecular weight is 441 g/mol. The van der Waals surface area contributed by atoms with Gasteiger partial charge in [0.2, 0.25) is 0 Å². The van der Waals surface area contributed by atoms with Crippen molar-refractivity contribution in [2.45, 2.75) is 51.3 Å². The van der Waals surface area contributed by atoms with Crippen LogP contribution in [0.3, 0.4) is 0 Å². The zero-order valence-electron chi connectivity index (χ0n) is 18.6. The number of hydrogen-bond donors (Lipinski definition) is 3. The summed E-state index contributed by atoms with van der Waals surface area (Å²) in [6.07, 6.45) is -0.783. The van der Waals surface area contributed by atoms with Gasteiger partial charge in [-0.25, -0.2) is 4.79 Å². The molecule has 0 radical (unpaired) electrons. The van der Waals surface area contributed by atoms with E-state index in [-0.39, 0.29) is 24.7 Å². The van der Waals surface area contributed by atoms with Gasteiger partial charge in [-0.2, -0.15) is 0 Å². The molecular formula is C25H32N2O5. The number of ketones is 1. The van der Waals surface area contributed by atoms with Crippen LogP contribution in [0, 0.1) is 5.92 Å². The molecule has 0 fully saturated rings. The molecule has 1 amide bonds. The molecule has 0 unspecified atom stereocenters. The Morgan fingerprint density at radius 2 is 1.59 bits per heavy atom. The first-order valence-electron chi connectivity index (χ1n) is 10.8. The summed E-state index contributed by atoms with van der Waals surface area (Å²) in [5.41, 5.74) is 7.45. The van der Waals surface area contributed by atoms with E-state index in [2.05, 4.69) is 5.32 Å². The Bertz CT molecular complexity index is 870. The van der Waals surface area contributed by atoms with Crippen molar-refractivity contribution in [3.63, 3.8) is 0 Å². The minimum atomic E-state index is -1.47. The molecule has 0 aliphatic carbocycles. The van der Waals surface area contributed by atoms with Crippen molar-refractivity contribution < 1.29 is 24.2 Å². The molecule has 7 nitrogen and oxygen atoms in total. The fraction of sp³-hybridized carbons (Fsp3) is 0.400. The van der Waals surface area contributed by atoms with E-state index in [0.717, 1.165) is 5.56 Å². The van der Waals surface area contributed by atoms with Gasteiger partial charge in [0.1, 0.15) is 12.1 Å². The quantitative estimate of drug-likeness (QED) is 0.344. The summed E-state index contributed by atoms with van der Waals surface area (Å²) in [5.74, 6) is -1.41. The van der Waals surface area contributed by atoms with Crippen LogP contribution in [0.2, 0.25) is 0 Å². The lowest BCUT2D eigenvalue weighted by molar-refractivity contribution is -0.149. The summed E-state index contributed by atoms with van der Waals surface area (Å²) < 4.78 is 5.25. The van der Waals surface area contributed by atoms with Crippen LogP contribution in [0.5, 0.6) is 0 Å². The van der Waals surface area contributed by atoms with E-state index in [1.165, 1.54) is 0 Å². The highest BCUT2D eigenvalue weighted by molar-refractivity contribution is 5.96. The predicted octanol–water partition coefficient (Wildman–Crippen LogP) is 2.26. The van der Waals surface area contributed by atoms with Gasteiger partial charge >= 0.3 is 5.97 Å². The van der Waals surface area contributed by atoms with E-state index in [9.17, 15) is 19.5 Å². The first kappa shape index (κ1) is 25.2. The van der Waals surface area contributed by atoms with E-state index >= 15 is 0 Å². The number of aliphatic hydroxyl groups excluding tert-OH is 1. The van der Waals surface area contributed by atoms with Crippen LogP contribution in [-0.4, -0.2) is 47.6 Å². The molecular weight excluding hydrogens is 408 g/mol. The van der Waals surface area contributed by atoms with Gasteiger partial charge in [-0.3, -0.25) is 9.59 Å². The van der Waals surface area contributed by atoms with Gasteiger partial charge in [0.15, 0.2) is 5.78 Å². The van der Waals surface area contributed by atoms with Gasteiger partial charge in [0, 0.05) is 18.0 Å². The number of esters is 1. The summed E-state index contributed by atoms with van der Waals surface area (Å²) in [5, 5.41) is 12.9. The van der Waals surface area contributed by atoms with Gasteiger partial charge in [0.05, 0.1) is 6.61 Å². The Morgan fingerprint density at radius 1 is 1.00 bits per heavy atom. The summed E-state index contributed by atoms with van der Waals surface area (Å²) in [6, 6.07) is 16.3. The standard InChI is InChI=1S/C25H32N2O5/c1-17(2)15-21(25(31)32-14-13-22(28)19-11-7-4-8-12-19)27-24(30)23(29)20(26)16-18-9-5-3-6-10-18/h3-12,17,20-21,23,29H,13-16,26H2,1-2H3,(H,27,30)/t20-,21+,23+/m1/s1. The third-order valence-corrected chi connectivity index (χ3v) is 4.97. The van der Waals surface area contributed by atoms with Crippen molar-refractivity contribution in [1.29, 1.82) is 0 Å². The predicted molar refractivity (Wildman–Crippen MR) is 122 cm³/mol. The van der Waals surface area contributed by atoms with Gasteiger partial charge in [-0.05, 0) is 24.3 Å². The Kier molecular flexibility index (Phi) is 10.0. The lowest BCUT2D eigenvalue weighted by Crippen LogP contribution is -2.52. The van der Waals surface area contributed by atoms with Crippen molar-refractivity contribution in [2.75, 3.05) is 6.61 Å². The van der Waals surface area contributed by atoms with E-state index < -0.39 is 30.1 Å². The zero-order valence-corrected chi connectivity index (χ0v) is 18.6. The largest absolute Gasteiger partial charge is 0.464 e. The number of nitrogens with two attached hydrogens (primary N) is 1. The second-order valence-electron chi connectivity index (χ2n) is 8.20. The third-order valence-electron chi connectivity index (χ3n) is 4.97. The molecule has 0 aliphatic heterocycles. The molecule has 0 saturated heterocycles. The molecule has 172 valence electrons. The highest BCUT2D eigenvalue weighted by Crippen LogP contribution is 2.10. The molecule has 3 atom stereocenters. The van der Waals surface area contributed by atoms with E-state index in [0.29, 0.717) is 18.4 Å². The maximum Gasteiger partial charge on any atom is 0.328 e. The number of carbonyl (C=O) groups is 3. The lowest BCUT2D eigenvalue weighted by Gasteiger charge is -2.23. The topological polar surface area (TPSA) is 119 Å². The average Bonchev–Trinajstić information content (AvgIpc) is 2.78. The van der Waals surface area contributed by atoms with Crippen LogP contribution >= 0.6 is 0 Å². The molecule has 0 aromatic heterocycles. The number of hydrogen-bond acceptors (Lipinski definition) is 6. The van der Waals surface area contributed by atoms with Gasteiger partial charge in [0.25, 0.3) is 5.91 Å². The summed E-state index contributed by atoms with van der Waals surface area (Å²) in [7, 11) is 0. The van der Waals surface area contributed by atoms with E-state index in [1.807, 2.05) is 50.2 Å². The van der Waals surface area contributed by atoms with Gasteiger partial charge < -0.3 is 20.9 Å². The smallest absolute Gasteiger partial charge is 0.328 e. The molecule has 0 bridgehead atoms. The van der Waals surface area contributed by atoms with Crippen LogP contribution in [0.4, 0.5) is 0 Å². The molecule has 7 heteroatoms. The van der Waals surface area contributed by atoms with Gasteiger partial charge in [-0.1, -0.05) is 74.5 Å². The van der Waals surface area contributed by atoms with E-state index in [4.69, 9.17) is 10.5 Å². The highest BCUT2D eigenvalue weighted by Gasteiger charge is 2.29.